The lowest BCUT2D eigenvalue weighted by molar-refractivity contribution is 0.524. The molecule has 1 aromatic carbocycles. The van der Waals surface area contributed by atoms with Crippen LogP contribution >= 0.6 is 0 Å². The van der Waals surface area contributed by atoms with Crippen molar-refractivity contribution in [3.05, 3.63) is 29.8 Å². The van der Waals surface area contributed by atoms with Crippen molar-refractivity contribution in [3.63, 3.8) is 0 Å². The summed E-state index contributed by atoms with van der Waals surface area (Å²) in [6.07, 6.45) is 2.32. The Morgan fingerprint density at radius 2 is 1.88 bits per heavy atom. The van der Waals surface area contributed by atoms with Gasteiger partial charge in [-0.25, -0.2) is 4.99 Å². The fourth-order valence-corrected chi connectivity index (χ4v) is 1.84. The molecule has 0 aromatic heterocycles. The van der Waals surface area contributed by atoms with Crippen LogP contribution in [-0.2, 0) is 0 Å². The lowest BCUT2D eigenvalue weighted by Gasteiger charge is -2.13. The van der Waals surface area contributed by atoms with Crippen LogP contribution in [0.3, 0.4) is 0 Å². The van der Waals surface area contributed by atoms with Crippen molar-refractivity contribution < 1.29 is 0 Å². The maximum Gasteiger partial charge on any atom is 0.209 e. The van der Waals surface area contributed by atoms with Crippen LogP contribution in [0.4, 0.5) is 5.69 Å². The van der Waals surface area contributed by atoms with E-state index >= 15 is 0 Å². The maximum absolute atomic E-state index is 9.08. The Balaban J connectivity index is 2.20. The molecule has 1 heterocycles. The van der Waals surface area contributed by atoms with E-state index in [1.165, 1.54) is 5.56 Å². The molecular formula is C13H15N3. The molecule has 0 unspecified atom stereocenters. The van der Waals surface area contributed by atoms with Gasteiger partial charge in [-0.15, -0.1) is 0 Å². The number of aryl methyl sites for hydroxylation is 1. The molecule has 0 saturated carbocycles. The molecule has 0 bridgehead atoms. The van der Waals surface area contributed by atoms with Gasteiger partial charge in [-0.05, 0) is 31.9 Å². The SMILES string of the molecule is Cc1ccc(N=C(C#N)N2CCCC2)cc1. The zero-order valence-electron chi connectivity index (χ0n) is 9.48. The lowest BCUT2D eigenvalue weighted by Crippen LogP contribution is -2.26. The lowest BCUT2D eigenvalue weighted by atomic mass is 10.2. The van der Waals surface area contributed by atoms with Gasteiger partial charge < -0.3 is 4.90 Å². The Morgan fingerprint density at radius 1 is 1.25 bits per heavy atom. The van der Waals surface area contributed by atoms with Crippen molar-refractivity contribution in [1.82, 2.24) is 4.90 Å². The number of amidine groups is 1. The molecule has 0 aliphatic carbocycles. The van der Waals surface area contributed by atoms with Crippen LogP contribution in [0.5, 0.6) is 0 Å². The summed E-state index contributed by atoms with van der Waals surface area (Å²) in [6.45, 7) is 3.95. The highest BCUT2D eigenvalue weighted by Crippen LogP contribution is 2.15. The first kappa shape index (κ1) is 10.7. The van der Waals surface area contributed by atoms with E-state index < -0.39 is 0 Å². The monoisotopic (exact) mass is 213 g/mol. The molecule has 1 aliphatic rings. The highest BCUT2D eigenvalue weighted by Gasteiger charge is 2.15. The second-order valence-corrected chi connectivity index (χ2v) is 4.08. The van der Waals surface area contributed by atoms with E-state index in [-0.39, 0.29) is 0 Å². The largest absolute Gasteiger partial charge is 0.348 e. The minimum Gasteiger partial charge on any atom is -0.348 e. The van der Waals surface area contributed by atoms with Crippen LogP contribution in [0.1, 0.15) is 18.4 Å². The standard InChI is InChI=1S/C13H15N3/c1-11-4-6-12(7-5-11)15-13(10-14)16-8-2-3-9-16/h4-7H,2-3,8-9H2,1H3. The third-order valence-corrected chi connectivity index (χ3v) is 2.77. The van der Waals surface area contributed by atoms with Crippen molar-refractivity contribution in [2.24, 2.45) is 4.99 Å². The highest BCUT2D eigenvalue weighted by atomic mass is 15.2. The van der Waals surface area contributed by atoms with E-state index in [2.05, 4.69) is 16.0 Å². The van der Waals surface area contributed by atoms with E-state index in [0.717, 1.165) is 31.6 Å². The molecule has 82 valence electrons. The van der Waals surface area contributed by atoms with Gasteiger partial charge in [0, 0.05) is 13.1 Å². The Morgan fingerprint density at radius 3 is 2.44 bits per heavy atom. The summed E-state index contributed by atoms with van der Waals surface area (Å²) in [4.78, 5) is 6.44. The second-order valence-electron chi connectivity index (χ2n) is 4.08. The number of rotatable bonds is 1. The molecule has 3 nitrogen and oxygen atoms in total. The van der Waals surface area contributed by atoms with Crippen molar-refractivity contribution >= 4 is 11.5 Å². The van der Waals surface area contributed by atoms with Gasteiger partial charge in [0.25, 0.3) is 0 Å². The van der Waals surface area contributed by atoms with Crippen LogP contribution in [0.2, 0.25) is 0 Å². The summed E-state index contributed by atoms with van der Waals surface area (Å²) < 4.78 is 0. The third kappa shape index (κ3) is 2.40. The fraction of sp³-hybridized carbons (Fsp3) is 0.385. The number of likely N-dealkylation sites (tertiary alicyclic amines) is 1. The van der Waals surface area contributed by atoms with Gasteiger partial charge in [0.05, 0.1) is 5.69 Å². The average molecular weight is 213 g/mol. The summed E-state index contributed by atoms with van der Waals surface area (Å²) in [5, 5.41) is 9.08. The molecule has 1 aliphatic heterocycles. The quantitative estimate of drug-likeness (QED) is 0.531. The van der Waals surface area contributed by atoms with Gasteiger partial charge in [-0.3, -0.25) is 0 Å². The minimum atomic E-state index is 0.543. The summed E-state index contributed by atoms with van der Waals surface area (Å²) in [5.74, 6) is 0.543. The first-order valence-electron chi connectivity index (χ1n) is 5.60. The molecule has 3 heteroatoms. The van der Waals surface area contributed by atoms with Crippen molar-refractivity contribution in [1.29, 1.82) is 5.26 Å². The number of nitrogens with zero attached hydrogens (tertiary/aromatic N) is 3. The molecule has 0 N–H and O–H groups in total. The van der Waals surface area contributed by atoms with Gasteiger partial charge in [0.1, 0.15) is 6.07 Å². The van der Waals surface area contributed by atoms with Crippen LogP contribution in [0.15, 0.2) is 29.3 Å². The van der Waals surface area contributed by atoms with E-state index in [4.69, 9.17) is 5.26 Å². The molecule has 1 aromatic rings. The van der Waals surface area contributed by atoms with E-state index in [9.17, 15) is 0 Å². The van der Waals surface area contributed by atoms with Gasteiger partial charge in [-0.2, -0.15) is 5.26 Å². The molecule has 16 heavy (non-hydrogen) atoms. The summed E-state index contributed by atoms with van der Waals surface area (Å²) in [6, 6.07) is 10.1. The Hall–Kier alpha value is -1.82. The molecule has 0 amide bonds. The van der Waals surface area contributed by atoms with Crippen molar-refractivity contribution in [3.8, 4) is 6.07 Å². The summed E-state index contributed by atoms with van der Waals surface area (Å²) >= 11 is 0. The minimum absolute atomic E-state index is 0.543. The van der Waals surface area contributed by atoms with E-state index in [1.54, 1.807) is 0 Å². The number of benzene rings is 1. The normalized spacial score (nSPS) is 16.2. The molecule has 0 atom stereocenters. The number of hydrogen-bond acceptors (Lipinski definition) is 2. The molecule has 2 rings (SSSR count). The summed E-state index contributed by atoms with van der Waals surface area (Å²) in [5.41, 5.74) is 2.06. The Labute approximate surface area is 96.0 Å². The van der Waals surface area contributed by atoms with Crippen molar-refractivity contribution in [2.45, 2.75) is 19.8 Å². The van der Waals surface area contributed by atoms with Crippen LogP contribution in [-0.4, -0.2) is 23.8 Å². The smallest absolute Gasteiger partial charge is 0.209 e. The summed E-state index contributed by atoms with van der Waals surface area (Å²) in [7, 11) is 0. The predicted molar refractivity (Wildman–Crippen MR) is 64.7 cm³/mol. The van der Waals surface area contributed by atoms with Crippen LogP contribution in [0.25, 0.3) is 0 Å². The van der Waals surface area contributed by atoms with Gasteiger partial charge in [0.2, 0.25) is 5.84 Å². The van der Waals surface area contributed by atoms with E-state index in [1.807, 2.05) is 31.2 Å². The van der Waals surface area contributed by atoms with E-state index in [0.29, 0.717) is 5.84 Å². The first-order valence-corrected chi connectivity index (χ1v) is 5.60. The number of aliphatic imine (C=N–C) groups is 1. The maximum atomic E-state index is 9.08. The van der Waals surface area contributed by atoms with Gasteiger partial charge in [0.15, 0.2) is 0 Å². The van der Waals surface area contributed by atoms with Crippen LogP contribution in [0, 0.1) is 18.3 Å². The number of nitriles is 1. The van der Waals surface area contributed by atoms with Gasteiger partial charge >= 0.3 is 0 Å². The molecule has 1 fully saturated rings. The first-order chi connectivity index (χ1) is 7.79. The third-order valence-electron chi connectivity index (χ3n) is 2.77. The second kappa shape index (κ2) is 4.80. The molecule has 0 spiro atoms. The average Bonchev–Trinajstić information content (AvgIpc) is 2.82. The Bertz CT molecular complexity index is 419. The zero-order valence-corrected chi connectivity index (χ0v) is 9.48. The number of hydrogen-bond donors (Lipinski definition) is 0. The molecule has 0 radical (unpaired) electrons. The molecule has 1 saturated heterocycles. The van der Waals surface area contributed by atoms with Crippen molar-refractivity contribution in [2.75, 3.05) is 13.1 Å². The highest BCUT2D eigenvalue weighted by molar-refractivity contribution is 5.98. The topological polar surface area (TPSA) is 39.4 Å². The fourth-order valence-electron chi connectivity index (χ4n) is 1.84. The van der Waals surface area contributed by atoms with Crippen LogP contribution < -0.4 is 0 Å². The molecular weight excluding hydrogens is 198 g/mol. The zero-order chi connectivity index (χ0) is 11.4. The van der Waals surface area contributed by atoms with Gasteiger partial charge in [-0.1, -0.05) is 17.7 Å². The predicted octanol–water partition coefficient (Wildman–Crippen LogP) is 2.64. The Kier molecular flexibility index (Phi) is 3.21.